The Morgan fingerprint density at radius 2 is 2.05 bits per heavy atom. The number of rotatable bonds is 7. The van der Waals surface area contributed by atoms with Gasteiger partial charge in [-0.3, -0.25) is 4.79 Å². The monoisotopic (exact) mass is 304 g/mol. The minimum absolute atomic E-state index is 0.000143. The number of carbonyl (C=O) groups is 1. The van der Waals surface area contributed by atoms with Crippen LogP contribution in [0.25, 0.3) is 0 Å². The largest absolute Gasteiger partial charge is 0.392 e. The number of thiophene rings is 1. The van der Waals surface area contributed by atoms with Gasteiger partial charge in [-0.25, -0.2) is 0 Å². The second-order valence-electron chi connectivity index (χ2n) is 4.71. The highest BCUT2D eigenvalue weighted by atomic mass is 32.1. The Balaban J connectivity index is 1.76. The van der Waals surface area contributed by atoms with Crippen LogP contribution in [0.4, 0.5) is 5.69 Å². The molecule has 1 aromatic carbocycles. The van der Waals surface area contributed by atoms with Gasteiger partial charge in [0.05, 0.1) is 19.7 Å². The molecule has 3 N–H and O–H groups in total. The van der Waals surface area contributed by atoms with E-state index in [4.69, 9.17) is 5.11 Å². The molecule has 0 saturated carbocycles. The number of amides is 1. The van der Waals surface area contributed by atoms with Crippen molar-refractivity contribution < 1.29 is 9.90 Å². The standard InChI is InChI=1S/C16H20N2O2S/c1-2-14-6-7-15(21-14)9-18-16(20)10-17-13-5-3-4-12(8-13)11-19/h3-8,17,19H,2,9-11H2,1H3,(H,18,20). The summed E-state index contributed by atoms with van der Waals surface area (Å²) in [6.07, 6.45) is 1.03. The summed E-state index contributed by atoms with van der Waals surface area (Å²) in [5.41, 5.74) is 1.66. The van der Waals surface area contributed by atoms with E-state index >= 15 is 0 Å². The molecule has 0 spiro atoms. The summed E-state index contributed by atoms with van der Waals surface area (Å²) in [4.78, 5) is 14.3. The van der Waals surface area contributed by atoms with E-state index in [0.29, 0.717) is 6.54 Å². The summed E-state index contributed by atoms with van der Waals surface area (Å²) in [6.45, 7) is 2.92. The lowest BCUT2D eigenvalue weighted by molar-refractivity contribution is -0.119. The van der Waals surface area contributed by atoms with E-state index in [9.17, 15) is 4.79 Å². The summed E-state index contributed by atoms with van der Waals surface area (Å²) < 4.78 is 0. The van der Waals surface area contributed by atoms with Gasteiger partial charge in [0.15, 0.2) is 0 Å². The zero-order chi connectivity index (χ0) is 15.1. The average Bonchev–Trinajstić information content (AvgIpc) is 2.99. The highest BCUT2D eigenvalue weighted by Gasteiger charge is 2.03. The van der Waals surface area contributed by atoms with Crippen LogP contribution in [0.2, 0.25) is 0 Å². The van der Waals surface area contributed by atoms with Gasteiger partial charge in [0.1, 0.15) is 0 Å². The van der Waals surface area contributed by atoms with Gasteiger partial charge in [0.25, 0.3) is 0 Å². The van der Waals surface area contributed by atoms with Crippen LogP contribution in [0, 0.1) is 0 Å². The Labute approximate surface area is 128 Å². The Hall–Kier alpha value is -1.85. The molecule has 2 rings (SSSR count). The first-order chi connectivity index (χ1) is 10.2. The highest BCUT2D eigenvalue weighted by molar-refractivity contribution is 7.11. The van der Waals surface area contributed by atoms with E-state index in [-0.39, 0.29) is 19.1 Å². The Bertz CT molecular complexity index is 595. The van der Waals surface area contributed by atoms with Crippen molar-refractivity contribution >= 4 is 22.9 Å². The highest BCUT2D eigenvalue weighted by Crippen LogP contribution is 2.16. The van der Waals surface area contributed by atoms with Gasteiger partial charge in [0.2, 0.25) is 5.91 Å². The van der Waals surface area contributed by atoms with Gasteiger partial charge in [-0.1, -0.05) is 19.1 Å². The number of aliphatic hydroxyl groups excluding tert-OH is 1. The van der Waals surface area contributed by atoms with Gasteiger partial charge >= 0.3 is 0 Å². The van der Waals surface area contributed by atoms with Gasteiger partial charge < -0.3 is 15.7 Å². The molecule has 112 valence electrons. The van der Waals surface area contributed by atoms with Crippen LogP contribution in [0.3, 0.4) is 0 Å². The third-order valence-electron chi connectivity index (χ3n) is 3.09. The second-order valence-corrected chi connectivity index (χ2v) is 5.96. The number of aliphatic hydroxyl groups is 1. The zero-order valence-electron chi connectivity index (χ0n) is 12.1. The maximum Gasteiger partial charge on any atom is 0.239 e. The number of hydrogen-bond acceptors (Lipinski definition) is 4. The molecule has 0 atom stereocenters. The molecule has 4 nitrogen and oxygen atoms in total. The van der Waals surface area contributed by atoms with Crippen molar-refractivity contribution in [2.45, 2.75) is 26.5 Å². The lowest BCUT2D eigenvalue weighted by Gasteiger charge is -2.08. The average molecular weight is 304 g/mol. The molecule has 0 aliphatic carbocycles. The molecule has 1 amide bonds. The Morgan fingerprint density at radius 3 is 2.76 bits per heavy atom. The van der Waals surface area contributed by atoms with Crippen LogP contribution in [-0.4, -0.2) is 17.6 Å². The van der Waals surface area contributed by atoms with Crippen molar-refractivity contribution in [2.75, 3.05) is 11.9 Å². The van der Waals surface area contributed by atoms with E-state index in [0.717, 1.165) is 17.7 Å². The number of carbonyl (C=O) groups excluding carboxylic acids is 1. The van der Waals surface area contributed by atoms with Gasteiger partial charge in [-0.15, -0.1) is 11.3 Å². The van der Waals surface area contributed by atoms with E-state index in [1.807, 2.05) is 24.3 Å². The van der Waals surface area contributed by atoms with E-state index in [1.165, 1.54) is 9.75 Å². The molecular formula is C16H20N2O2S. The van der Waals surface area contributed by atoms with Gasteiger partial charge in [0, 0.05) is 15.4 Å². The molecule has 0 aliphatic heterocycles. The van der Waals surface area contributed by atoms with Crippen LogP contribution in [0.1, 0.15) is 22.2 Å². The summed E-state index contributed by atoms with van der Waals surface area (Å²) in [6, 6.07) is 11.6. The number of hydrogen-bond donors (Lipinski definition) is 3. The topological polar surface area (TPSA) is 61.4 Å². The summed E-state index contributed by atoms with van der Waals surface area (Å²) >= 11 is 1.73. The van der Waals surface area contributed by atoms with Crippen molar-refractivity contribution in [2.24, 2.45) is 0 Å². The molecule has 1 heterocycles. The fourth-order valence-electron chi connectivity index (χ4n) is 1.92. The number of aryl methyl sites for hydroxylation is 1. The maximum absolute atomic E-state index is 11.8. The smallest absolute Gasteiger partial charge is 0.239 e. The summed E-state index contributed by atoms with van der Waals surface area (Å²) in [7, 11) is 0. The van der Waals surface area contributed by atoms with Crippen LogP contribution in [0.15, 0.2) is 36.4 Å². The molecule has 0 unspecified atom stereocenters. The van der Waals surface area contributed by atoms with Crippen molar-refractivity contribution in [3.8, 4) is 0 Å². The van der Waals surface area contributed by atoms with Crippen molar-refractivity contribution in [1.82, 2.24) is 5.32 Å². The first-order valence-electron chi connectivity index (χ1n) is 6.99. The van der Waals surface area contributed by atoms with Crippen molar-refractivity contribution in [1.29, 1.82) is 0 Å². The molecule has 1 aromatic heterocycles. The van der Waals surface area contributed by atoms with Crippen molar-refractivity contribution in [3.05, 3.63) is 51.7 Å². The minimum atomic E-state index is -0.0455. The fourth-order valence-corrected chi connectivity index (χ4v) is 2.82. The van der Waals surface area contributed by atoms with Crippen LogP contribution in [-0.2, 0) is 24.4 Å². The molecule has 2 aromatic rings. The summed E-state index contributed by atoms with van der Waals surface area (Å²) in [5, 5.41) is 15.0. The van der Waals surface area contributed by atoms with E-state index in [2.05, 4.69) is 29.7 Å². The van der Waals surface area contributed by atoms with Crippen LogP contribution < -0.4 is 10.6 Å². The summed E-state index contributed by atoms with van der Waals surface area (Å²) in [5.74, 6) is -0.0455. The van der Waals surface area contributed by atoms with E-state index < -0.39 is 0 Å². The lowest BCUT2D eigenvalue weighted by Crippen LogP contribution is -2.29. The van der Waals surface area contributed by atoms with Gasteiger partial charge in [-0.05, 0) is 36.2 Å². The molecule has 5 heteroatoms. The molecular weight excluding hydrogens is 284 g/mol. The normalized spacial score (nSPS) is 10.4. The SMILES string of the molecule is CCc1ccc(CNC(=O)CNc2cccc(CO)c2)s1. The quantitative estimate of drug-likeness (QED) is 0.736. The Kier molecular flexibility index (Phi) is 5.78. The Morgan fingerprint density at radius 1 is 1.24 bits per heavy atom. The lowest BCUT2D eigenvalue weighted by atomic mass is 10.2. The fraction of sp³-hybridized carbons (Fsp3) is 0.312. The zero-order valence-corrected chi connectivity index (χ0v) is 12.9. The predicted molar refractivity (Wildman–Crippen MR) is 86.4 cm³/mol. The predicted octanol–water partition coefficient (Wildman–Crippen LogP) is 2.53. The van der Waals surface area contributed by atoms with Gasteiger partial charge in [-0.2, -0.15) is 0 Å². The molecule has 0 radical (unpaired) electrons. The number of nitrogens with one attached hydrogen (secondary N) is 2. The first-order valence-corrected chi connectivity index (χ1v) is 7.81. The second kappa shape index (κ2) is 7.81. The number of anilines is 1. The third-order valence-corrected chi connectivity index (χ3v) is 4.32. The third kappa shape index (κ3) is 4.88. The van der Waals surface area contributed by atoms with E-state index in [1.54, 1.807) is 11.3 Å². The molecule has 0 aliphatic rings. The first kappa shape index (κ1) is 15.5. The number of benzene rings is 1. The molecule has 21 heavy (non-hydrogen) atoms. The van der Waals surface area contributed by atoms with Crippen LogP contribution >= 0.6 is 11.3 Å². The molecule has 0 bridgehead atoms. The minimum Gasteiger partial charge on any atom is -0.392 e. The van der Waals surface area contributed by atoms with Crippen molar-refractivity contribution in [3.63, 3.8) is 0 Å². The molecule has 0 saturated heterocycles. The molecule has 0 fully saturated rings. The maximum atomic E-state index is 11.8. The van der Waals surface area contributed by atoms with Crippen LogP contribution in [0.5, 0.6) is 0 Å².